The predicted molar refractivity (Wildman–Crippen MR) is 109 cm³/mol. The van der Waals surface area contributed by atoms with Gasteiger partial charge >= 0.3 is 0 Å². The molecule has 0 saturated carbocycles. The molecule has 3 rings (SSSR count). The molecular formula is C23H19NO5. The van der Waals surface area contributed by atoms with E-state index < -0.39 is 5.91 Å². The predicted octanol–water partition coefficient (Wildman–Crippen LogP) is 3.76. The zero-order valence-corrected chi connectivity index (χ0v) is 15.8. The van der Waals surface area contributed by atoms with Crippen molar-refractivity contribution in [1.82, 2.24) is 0 Å². The number of nitrogens with one attached hydrogen (secondary N) is 1. The summed E-state index contributed by atoms with van der Waals surface area (Å²) in [6, 6.07) is 20.3. The van der Waals surface area contributed by atoms with E-state index in [4.69, 9.17) is 9.47 Å². The second-order valence-corrected chi connectivity index (χ2v) is 6.11. The first-order chi connectivity index (χ1) is 14.1. The van der Waals surface area contributed by atoms with Gasteiger partial charge in [0.1, 0.15) is 6.29 Å². The van der Waals surface area contributed by atoms with Gasteiger partial charge in [-0.25, -0.2) is 0 Å². The van der Waals surface area contributed by atoms with Crippen molar-refractivity contribution in [2.75, 3.05) is 19.0 Å². The molecule has 0 aliphatic rings. The van der Waals surface area contributed by atoms with E-state index in [1.165, 1.54) is 13.2 Å². The van der Waals surface area contributed by atoms with E-state index in [0.29, 0.717) is 40.2 Å². The fraction of sp³-hybridized carbons (Fsp3) is 0.0870. The average molecular weight is 389 g/mol. The zero-order chi connectivity index (χ0) is 20.6. The molecule has 3 aromatic rings. The van der Waals surface area contributed by atoms with E-state index in [0.717, 1.165) is 0 Å². The number of hydrogen-bond acceptors (Lipinski definition) is 5. The first-order valence-electron chi connectivity index (χ1n) is 8.87. The average Bonchev–Trinajstić information content (AvgIpc) is 2.78. The monoisotopic (exact) mass is 389 g/mol. The molecule has 1 N–H and O–H groups in total. The molecule has 0 aromatic heterocycles. The molecule has 0 atom stereocenters. The minimum absolute atomic E-state index is 0.187. The zero-order valence-electron chi connectivity index (χ0n) is 15.8. The third kappa shape index (κ3) is 4.87. The Morgan fingerprint density at radius 2 is 1.66 bits per heavy atom. The number of para-hydroxylation sites is 1. The summed E-state index contributed by atoms with van der Waals surface area (Å²) < 4.78 is 10.7. The van der Waals surface area contributed by atoms with E-state index in [-0.39, 0.29) is 12.4 Å². The molecule has 0 bridgehead atoms. The maximum Gasteiger partial charge on any atom is 0.262 e. The number of rotatable bonds is 8. The first kappa shape index (κ1) is 19.8. The van der Waals surface area contributed by atoms with Gasteiger partial charge in [0, 0.05) is 16.7 Å². The summed E-state index contributed by atoms with van der Waals surface area (Å²) in [6.07, 6.45) is 0.694. The third-order valence-electron chi connectivity index (χ3n) is 4.16. The molecule has 0 fully saturated rings. The molecule has 3 aromatic carbocycles. The molecule has 0 spiro atoms. The summed E-state index contributed by atoms with van der Waals surface area (Å²) in [5.41, 5.74) is 1.76. The van der Waals surface area contributed by atoms with Gasteiger partial charge in [-0.2, -0.15) is 0 Å². The van der Waals surface area contributed by atoms with Crippen LogP contribution in [0.3, 0.4) is 0 Å². The summed E-state index contributed by atoms with van der Waals surface area (Å²) in [6.45, 7) is -0.287. The summed E-state index contributed by atoms with van der Waals surface area (Å²) >= 11 is 0. The summed E-state index contributed by atoms with van der Waals surface area (Å²) in [5.74, 6) is 0.0670. The topological polar surface area (TPSA) is 81.7 Å². The highest BCUT2D eigenvalue weighted by atomic mass is 16.5. The molecule has 146 valence electrons. The van der Waals surface area contributed by atoms with Crippen molar-refractivity contribution in [2.45, 2.75) is 0 Å². The smallest absolute Gasteiger partial charge is 0.262 e. The van der Waals surface area contributed by atoms with Crippen molar-refractivity contribution in [3.63, 3.8) is 0 Å². The van der Waals surface area contributed by atoms with E-state index in [1.54, 1.807) is 60.7 Å². The minimum Gasteiger partial charge on any atom is -0.493 e. The number of aldehydes is 1. The lowest BCUT2D eigenvalue weighted by atomic mass is 10.0. The summed E-state index contributed by atoms with van der Waals surface area (Å²) in [7, 11) is 1.45. The summed E-state index contributed by atoms with van der Waals surface area (Å²) in [5, 5.41) is 2.71. The Kier molecular flexibility index (Phi) is 6.37. The minimum atomic E-state index is -0.431. The highest BCUT2D eigenvalue weighted by Gasteiger charge is 2.15. The highest BCUT2D eigenvalue weighted by molar-refractivity contribution is 6.13. The Morgan fingerprint density at radius 1 is 0.931 bits per heavy atom. The first-order valence-corrected chi connectivity index (χ1v) is 8.87. The molecule has 0 saturated heterocycles. The number of benzene rings is 3. The molecule has 6 nitrogen and oxygen atoms in total. The standard InChI is InChI=1S/C23H19NO5/c1-28-21-13-16(14-25)11-12-20(21)29-15-22(26)24-19-10-6-5-9-18(19)23(27)17-7-3-2-4-8-17/h2-14H,15H2,1H3,(H,24,26). The Morgan fingerprint density at radius 3 is 2.38 bits per heavy atom. The molecule has 0 radical (unpaired) electrons. The molecule has 1 amide bonds. The van der Waals surface area contributed by atoms with Gasteiger partial charge < -0.3 is 14.8 Å². The van der Waals surface area contributed by atoms with Gasteiger partial charge in [-0.15, -0.1) is 0 Å². The fourth-order valence-electron chi connectivity index (χ4n) is 2.74. The van der Waals surface area contributed by atoms with Crippen LogP contribution in [0.5, 0.6) is 11.5 Å². The van der Waals surface area contributed by atoms with Crippen LogP contribution in [0.25, 0.3) is 0 Å². The van der Waals surface area contributed by atoms with E-state index in [2.05, 4.69) is 5.32 Å². The van der Waals surface area contributed by atoms with E-state index >= 15 is 0 Å². The van der Waals surface area contributed by atoms with Crippen molar-refractivity contribution < 1.29 is 23.9 Å². The quantitative estimate of drug-likeness (QED) is 0.469. The number of ether oxygens (including phenoxy) is 2. The number of anilines is 1. The van der Waals surface area contributed by atoms with E-state index in [9.17, 15) is 14.4 Å². The van der Waals surface area contributed by atoms with Crippen LogP contribution in [-0.2, 0) is 4.79 Å². The van der Waals surface area contributed by atoms with Crippen molar-refractivity contribution in [3.05, 3.63) is 89.5 Å². The van der Waals surface area contributed by atoms with Gasteiger partial charge in [0.05, 0.1) is 12.8 Å². The van der Waals surface area contributed by atoms with Gasteiger partial charge in [-0.1, -0.05) is 42.5 Å². The number of methoxy groups -OCH3 is 1. The van der Waals surface area contributed by atoms with Crippen molar-refractivity contribution in [1.29, 1.82) is 0 Å². The molecule has 0 heterocycles. The van der Waals surface area contributed by atoms with Crippen LogP contribution >= 0.6 is 0 Å². The molecule has 0 aliphatic heterocycles. The molecule has 6 heteroatoms. The Labute approximate surface area is 168 Å². The van der Waals surface area contributed by atoms with Crippen molar-refractivity contribution in [2.24, 2.45) is 0 Å². The number of carbonyl (C=O) groups excluding carboxylic acids is 3. The maximum atomic E-state index is 12.7. The lowest BCUT2D eigenvalue weighted by Crippen LogP contribution is -2.21. The lowest BCUT2D eigenvalue weighted by Gasteiger charge is -2.13. The second-order valence-electron chi connectivity index (χ2n) is 6.11. The fourth-order valence-corrected chi connectivity index (χ4v) is 2.74. The second kappa shape index (κ2) is 9.32. The SMILES string of the molecule is COc1cc(C=O)ccc1OCC(=O)Nc1ccccc1C(=O)c1ccccc1. The largest absolute Gasteiger partial charge is 0.493 e. The number of amides is 1. The van der Waals surface area contributed by atoms with Crippen LogP contribution in [0, 0.1) is 0 Å². The van der Waals surface area contributed by atoms with Crippen LogP contribution in [0.1, 0.15) is 26.3 Å². The van der Waals surface area contributed by atoms with Crippen LogP contribution < -0.4 is 14.8 Å². The number of hydrogen-bond donors (Lipinski definition) is 1. The van der Waals surface area contributed by atoms with Gasteiger partial charge in [0.2, 0.25) is 0 Å². The normalized spacial score (nSPS) is 10.1. The molecule has 0 unspecified atom stereocenters. The van der Waals surface area contributed by atoms with Crippen molar-refractivity contribution in [3.8, 4) is 11.5 Å². The Hall–Kier alpha value is -3.93. The Balaban J connectivity index is 1.71. The molecule has 29 heavy (non-hydrogen) atoms. The van der Waals surface area contributed by atoms with Crippen LogP contribution in [0.4, 0.5) is 5.69 Å². The molecule has 0 aliphatic carbocycles. The highest BCUT2D eigenvalue weighted by Crippen LogP contribution is 2.27. The lowest BCUT2D eigenvalue weighted by molar-refractivity contribution is -0.118. The maximum absolute atomic E-state index is 12.7. The van der Waals surface area contributed by atoms with Gasteiger partial charge in [-0.05, 0) is 30.3 Å². The summed E-state index contributed by atoms with van der Waals surface area (Å²) in [4.78, 5) is 36.0. The number of carbonyl (C=O) groups is 3. The van der Waals surface area contributed by atoms with Crippen molar-refractivity contribution >= 4 is 23.7 Å². The van der Waals surface area contributed by atoms with Gasteiger partial charge in [0.25, 0.3) is 5.91 Å². The van der Waals surface area contributed by atoms with Crippen LogP contribution in [-0.4, -0.2) is 31.7 Å². The van der Waals surface area contributed by atoms with Crippen LogP contribution in [0.2, 0.25) is 0 Å². The molecular weight excluding hydrogens is 370 g/mol. The van der Waals surface area contributed by atoms with Gasteiger partial charge in [-0.3, -0.25) is 14.4 Å². The Bertz CT molecular complexity index is 1030. The number of ketones is 1. The van der Waals surface area contributed by atoms with E-state index in [1.807, 2.05) is 6.07 Å². The third-order valence-corrected chi connectivity index (χ3v) is 4.16. The van der Waals surface area contributed by atoms with Gasteiger partial charge in [0.15, 0.2) is 23.9 Å². The van der Waals surface area contributed by atoms with Crippen LogP contribution in [0.15, 0.2) is 72.8 Å².